The van der Waals surface area contributed by atoms with Gasteiger partial charge in [0.1, 0.15) is 0 Å². The Bertz CT molecular complexity index is 454. The van der Waals surface area contributed by atoms with E-state index in [1.807, 2.05) is 18.2 Å². The van der Waals surface area contributed by atoms with E-state index in [0.717, 1.165) is 44.2 Å². The van der Waals surface area contributed by atoms with Crippen molar-refractivity contribution < 1.29 is 9.47 Å². The second-order valence-corrected chi connectivity index (χ2v) is 5.66. The Morgan fingerprint density at radius 3 is 2.54 bits per heavy atom. The largest absolute Gasteiger partial charge is 0.385 e. The Kier molecular flexibility index (Phi) is 10.8. The lowest BCUT2D eigenvalue weighted by Crippen LogP contribution is -2.42. The lowest BCUT2D eigenvalue weighted by atomic mass is 10.1. The SMILES string of the molecule is CN=C(NCCN(C)CCCOC)NCC(OC)c1ccccc1. The summed E-state index contributed by atoms with van der Waals surface area (Å²) in [7, 11) is 7.36. The normalized spacial score (nSPS) is 13.1. The molecule has 1 aromatic carbocycles. The number of nitrogens with zero attached hydrogens (tertiary/aromatic N) is 2. The fourth-order valence-electron chi connectivity index (χ4n) is 2.37. The molecule has 0 spiro atoms. The Hall–Kier alpha value is -1.63. The zero-order valence-corrected chi connectivity index (χ0v) is 15.4. The van der Waals surface area contributed by atoms with Crippen molar-refractivity contribution in [2.24, 2.45) is 4.99 Å². The molecular weight excluding hydrogens is 304 g/mol. The average Bonchev–Trinajstić information content (AvgIpc) is 2.61. The van der Waals surface area contributed by atoms with Crippen molar-refractivity contribution in [3.8, 4) is 0 Å². The molecule has 0 fully saturated rings. The maximum atomic E-state index is 5.56. The van der Waals surface area contributed by atoms with Gasteiger partial charge in [0.2, 0.25) is 0 Å². The molecule has 0 bridgehead atoms. The first-order valence-electron chi connectivity index (χ1n) is 8.41. The topological polar surface area (TPSA) is 58.1 Å². The summed E-state index contributed by atoms with van der Waals surface area (Å²) in [6.07, 6.45) is 1.05. The summed E-state index contributed by atoms with van der Waals surface area (Å²) >= 11 is 0. The quantitative estimate of drug-likeness (QED) is 0.364. The highest BCUT2D eigenvalue weighted by Crippen LogP contribution is 2.14. The molecule has 1 aromatic rings. The minimum atomic E-state index is 0.00136. The third kappa shape index (κ3) is 8.29. The van der Waals surface area contributed by atoms with Crippen LogP contribution >= 0.6 is 0 Å². The van der Waals surface area contributed by atoms with Gasteiger partial charge in [0.05, 0.1) is 6.10 Å². The third-order valence-electron chi connectivity index (χ3n) is 3.81. The first-order valence-corrected chi connectivity index (χ1v) is 8.41. The predicted molar refractivity (Wildman–Crippen MR) is 99.5 cm³/mol. The minimum Gasteiger partial charge on any atom is -0.385 e. The summed E-state index contributed by atoms with van der Waals surface area (Å²) in [5.41, 5.74) is 1.15. The maximum Gasteiger partial charge on any atom is 0.191 e. The predicted octanol–water partition coefficient (Wildman–Crippen LogP) is 1.51. The standard InChI is InChI=1S/C18H32N4O2/c1-19-18(20-11-13-22(2)12-8-14-23-3)21-15-17(24-4)16-9-6-5-7-10-16/h5-7,9-10,17H,8,11-15H2,1-4H3,(H2,19,20,21). The van der Waals surface area contributed by atoms with Crippen molar-refractivity contribution in [3.63, 3.8) is 0 Å². The number of likely N-dealkylation sites (N-methyl/N-ethyl adjacent to an activating group) is 1. The van der Waals surface area contributed by atoms with Gasteiger partial charge < -0.3 is 25.0 Å². The molecule has 0 radical (unpaired) electrons. The van der Waals surface area contributed by atoms with Crippen molar-refractivity contribution in [2.45, 2.75) is 12.5 Å². The molecule has 1 atom stereocenters. The molecule has 0 saturated carbocycles. The zero-order chi connectivity index (χ0) is 17.6. The first kappa shape index (κ1) is 20.4. The lowest BCUT2D eigenvalue weighted by molar-refractivity contribution is 0.106. The Morgan fingerprint density at radius 1 is 1.17 bits per heavy atom. The van der Waals surface area contributed by atoms with Gasteiger partial charge in [-0.25, -0.2) is 0 Å². The van der Waals surface area contributed by atoms with Crippen molar-refractivity contribution >= 4 is 5.96 Å². The van der Waals surface area contributed by atoms with Gasteiger partial charge in [0.25, 0.3) is 0 Å². The van der Waals surface area contributed by atoms with Crippen LogP contribution in [0.1, 0.15) is 18.1 Å². The maximum absolute atomic E-state index is 5.56. The molecule has 1 rings (SSSR count). The summed E-state index contributed by atoms with van der Waals surface area (Å²) in [6, 6.07) is 10.2. The van der Waals surface area contributed by atoms with Crippen LogP contribution < -0.4 is 10.6 Å². The minimum absolute atomic E-state index is 0.00136. The number of methoxy groups -OCH3 is 2. The number of hydrogen-bond donors (Lipinski definition) is 2. The van der Waals surface area contributed by atoms with E-state index in [-0.39, 0.29) is 6.10 Å². The van der Waals surface area contributed by atoms with Crippen molar-refractivity contribution in [2.75, 3.05) is 61.1 Å². The number of rotatable bonds is 11. The zero-order valence-electron chi connectivity index (χ0n) is 15.4. The average molecular weight is 336 g/mol. The summed E-state index contributed by atoms with van der Waals surface area (Å²) in [4.78, 5) is 6.54. The second-order valence-electron chi connectivity index (χ2n) is 5.66. The number of hydrogen-bond acceptors (Lipinski definition) is 4. The Labute approximate surface area is 146 Å². The molecule has 0 aliphatic rings. The number of aliphatic imine (C=N–C) groups is 1. The fraction of sp³-hybridized carbons (Fsp3) is 0.611. The van der Waals surface area contributed by atoms with Gasteiger partial charge in [0, 0.05) is 54.1 Å². The fourth-order valence-corrected chi connectivity index (χ4v) is 2.37. The van der Waals surface area contributed by atoms with E-state index in [4.69, 9.17) is 9.47 Å². The number of ether oxygens (including phenoxy) is 2. The highest BCUT2D eigenvalue weighted by atomic mass is 16.5. The van der Waals surface area contributed by atoms with E-state index in [9.17, 15) is 0 Å². The molecule has 2 N–H and O–H groups in total. The Balaban J connectivity index is 2.29. The van der Waals surface area contributed by atoms with Crippen LogP contribution in [-0.2, 0) is 9.47 Å². The van der Waals surface area contributed by atoms with Crippen LogP contribution in [-0.4, -0.2) is 72.0 Å². The molecule has 0 amide bonds. The molecule has 0 heterocycles. The van der Waals surface area contributed by atoms with Crippen LogP contribution in [0.15, 0.2) is 35.3 Å². The lowest BCUT2D eigenvalue weighted by Gasteiger charge is -2.20. The molecule has 0 aliphatic heterocycles. The van der Waals surface area contributed by atoms with E-state index >= 15 is 0 Å². The number of nitrogens with one attached hydrogen (secondary N) is 2. The molecule has 1 unspecified atom stereocenters. The van der Waals surface area contributed by atoms with Crippen molar-refractivity contribution in [3.05, 3.63) is 35.9 Å². The second kappa shape index (κ2) is 12.8. The smallest absolute Gasteiger partial charge is 0.191 e. The molecule has 0 aliphatic carbocycles. The third-order valence-corrected chi connectivity index (χ3v) is 3.81. The molecule has 24 heavy (non-hydrogen) atoms. The molecule has 0 aromatic heterocycles. The van der Waals surface area contributed by atoms with Gasteiger partial charge in [-0.05, 0) is 19.0 Å². The van der Waals surface area contributed by atoms with Crippen LogP contribution in [0.25, 0.3) is 0 Å². The summed E-state index contributed by atoms with van der Waals surface area (Å²) < 4.78 is 10.6. The van der Waals surface area contributed by atoms with Crippen molar-refractivity contribution in [1.82, 2.24) is 15.5 Å². The van der Waals surface area contributed by atoms with Gasteiger partial charge in [-0.1, -0.05) is 30.3 Å². The van der Waals surface area contributed by atoms with Gasteiger partial charge >= 0.3 is 0 Å². The van der Waals surface area contributed by atoms with Gasteiger partial charge in [0.15, 0.2) is 5.96 Å². The number of benzene rings is 1. The van der Waals surface area contributed by atoms with Crippen molar-refractivity contribution in [1.29, 1.82) is 0 Å². The molecule has 6 heteroatoms. The van der Waals surface area contributed by atoms with Crippen LogP contribution in [0.4, 0.5) is 0 Å². The van der Waals surface area contributed by atoms with E-state index in [1.54, 1.807) is 21.3 Å². The van der Waals surface area contributed by atoms with E-state index < -0.39 is 0 Å². The van der Waals surface area contributed by atoms with E-state index in [2.05, 4.69) is 39.7 Å². The monoisotopic (exact) mass is 336 g/mol. The highest BCUT2D eigenvalue weighted by Gasteiger charge is 2.10. The van der Waals surface area contributed by atoms with Crippen LogP contribution in [0.2, 0.25) is 0 Å². The first-order chi connectivity index (χ1) is 11.7. The van der Waals surface area contributed by atoms with Crippen LogP contribution in [0.3, 0.4) is 0 Å². The molecular formula is C18H32N4O2. The summed E-state index contributed by atoms with van der Waals surface area (Å²) in [5.74, 6) is 0.790. The van der Waals surface area contributed by atoms with E-state index in [1.165, 1.54) is 0 Å². The van der Waals surface area contributed by atoms with Gasteiger partial charge in [-0.2, -0.15) is 0 Å². The summed E-state index contributed by atoms with van der Waals surface area (Å²) in [6.45, 7) is 4.30. The van der Waals surface area contributed by atoms with Crippen LogP contribution in [0.5, 0.6) is 0 Å². The van der Waals surface area contributed by atoms with Gasteiger partial charge in [-0.3, -0.25) is 4.99 Å². The Morgan fingerprint density at radius 2 is 1.92 bits per heavy atom. The molecule has 136 valence electrons. The number of guanidine groups is 1. The van der Waals surface area contributed by atoms with E-state index in [0.29, 0.717) is 6.54 Å². The summed E-state index contributed by atoms with van der Waals surface area (Å²) in [5, 5.41) is 6.65. The molecule has 6 nitrogen and oxygen atoms in total. The van der Waals surface area contributed by atoms with Gasteiger partial charge in [-0.15, -0.1) is 0 Å². The molecule has 0 saturated heterocycles. The highest BCUT2D eigenvalue weighted by molar-refractivity contribution is 5.79. The van der Waals surface area contributed by atoms with Crippen LogP contribution in [0, 0.1) is 0 Å².